The molecule has 0 saturated heterocycles. The fraction of sp³-hybridized carbons (Fsp3) is 0.926. The van der Waals surface area contributed by atoms with Crippen LogP contribution < -0.4 is 0 Å². The minimum atomic E-state index is -4.19. The molecule has 0 radical (unpaired) electrons. The van der Waals surface area contributed by atoms with E-state index >= 15 is 0 Å². The third kappa shape index (κ3) is 8.40. The SMILES string of the molecule is CC(C)CCCC(C)C1CCC2C3CC=C4CC(OP(=O)(O)OC5CCC6(C)C(=CCC7C6CCC6(C)C(C(C)CCCC(C)C)CCC76)C5)CCC4(C)C3CCC12C. The zero-order chi connectivity index (χ0) is 42.1. The zero-order valence-corrected chi connectivity index (χ0v) is 40.8. The Morgan fingerprint density at radius 2 is 0.983 bits per heavy atom. The minimum Gasteiger partial charge on any atom is -0.302 e. The van der Waals surface area contributed by atoms with Gasteiger partial charge in [-0.2, -0.15) is 0 Å². The highest BCUT2D eigenvalue weighted by Crippen LogP contribution is 2.70. The third-order valence-corrected chi connectivity index (χ3v) is 22.2. The molecule has 336 valence electrons. The van der Waals surface area contributed by atoms with Crippen molar-refractivity contribution >= 4 is 7.82 Å². The maximum atomic E-state index is 13.8. The lowest BCUT2D eigenvalue weighted by molar-refractivity contribution is -0.0615. The van der Waals surface area contributed by atoms with Crippen LogP contribution in [0.5, 0.6) is 0 Å². The van der Waals surface area contributed by atoms with Gasteiger partial charge in [0, 0.05) is 0 Å². The summed E-state index contributed by atoms with van der Waals surface area (Å²) in [4.78, 5) is 11.3. The molecule has 8 aliphatic carbocycles. The van der Waals surface area contributed by atoms with Gasteiger partial charge in [0.25, 0.3) is 0 Å². The molecule has 0 aromatic carbocycles. The first-order valence-corrected chi connectivity index (χ1v) is 27.5. The lowest BCUT2D eigenvalue weighted by Gasteiger charge is -2.58. The minimum absolute atomic E-state index is 0.201. The second-order valence-electron chi connectivity index (χ2n) is 25.0. The topological polar surface area (TPSA) is 55.8 Å². The van der Waals surface area contributed by atoms with Gasteiger partial charge in [-0.05, 0) is 195 Å². The predicted molar refractivity (Wildman–Crippen MR) is 246 cm³/mol. The maximum absolute atomic E-state index is 13.8. The summed E-state index contributed by atoms with van der Waals surface area (Å²) in [6.07, 6.45) is 32.0. The van der Waals surface area contributed by atoms with Crippen molar-refractivity contribution in [1.82, 2.24) is 0 Å². The van der Waals surface area contributed by atoms with Gasteiger partial charge in [0.2, 0.25) is 0 Å². The van der Waals surface area contributed by atoms with Gasteiger partial charge in [0.05, 0.1) is 12.2 Å². The fourth-order valence-electron chi connectivity index (χ4n) is 17.9. The summed E-state index contributed by atoms with van der Waals surface area (Å²) in [6, 6.07) is 0. The molecule has 0 amide bonds. The highest BCUT2D eigenvalue weighted by molar-refractivity contribution is 7.47. The van der Waals surface area contributed by atoms with Crippen LogP contribution in [0.25, 0.3) is 0 Å². The van der Waals surface area contributed by atoms with E-state index in [0.29, 0.717) is 10.8 Å². The van der Waals surface area contributed by atoms with E-state index in [9.17, 15) is 9.46 Å². The van der Waals surface area contributed by atoms with E-state index in [1.54, 1.807) is 0 Å². The van der Waals surface area contributed by atoms with Gasteiger partial charge in [0.15, 0.2) is 0 Å². The van der Waals surface area contributed by atoms with Crippen LogP contribution in [0.1, 0.15) is 210 Å². The number of allylic oxidation sites excluding steroid dienone is 2. The number of rotatable bonds is 14. The van der Waals surface area contributed by atoms with Crippen molar-refractivity contribution < 1.29 is 18.5 Å². The van der Waals surface area contributed by atoms with Gasteiger partial charge in [-0.3, -0.25) is 9.05 Å². The zero-order valence-electron chi connectivity index (χ0n) is 39.9. The first kappa shape index (κ1) is 45.2. The molecule has 5 heteroatoms. The van der Waals surface area contributed by atoms with Crippen LogP contribution in [-0.4, -0.2) is 17.1 Å². The standard InChI is InChI=1S/C54H91O4P/c1-35(2)13-11-15-37(5)45-21-23-47-43-19-17-39-33-41(25-29-51(39,7)49(43)27-31-53(45,47)9)57-59(55,56)58-42-26-30-52(8)40(34-42)18-20-44-48-24-22-46(38(6)16-12-14-36(3)4)54(48,10)32-28-50(44)52/h17-18,35-38,41-50H,11-16,19-34H2,1-10H3,(H,55,56). The molecule has 0 bridgehead atoms. The average Bonchev–Trinajstić information content (AvgIpc) is 3.71. The van der Waals surface area contributed by atoms with Crippen molar-refractivity contribution in [2.75, 3.05) is 0 Å². The van der Waals surface area contributed by atoms with Crippen LogP contribution in [0, 0.1) is 92.7 Å². The summed E-state index contributed by atoms with van der Waals surface area (Å²) in [5, 5.41) is 0. The molecule has 59 heavy (non-hydrogen) atoms. The second kappa shape index (κ2) is 17.2. The Bertz CT molecular complexity index is 1490. The summed E-state index contributed by atoms with van der Waals surface area (Å²) in [5.41, 5.74) is 4.43. The molecular formula is C54H91O4P. The highest BCUT2D eigenvalue weighted by atomic mass is 31.2. The smallest absolute Gasteiger partial charge is 0.302 e. The Hall–Kier alpha value is -0.410. The fourth-order valence-corrected chi connectivity index (χ4v) is 19.0. The molecular weight excluding hydrogens is 744 g/mol. The molecule has 4 nitrogen and oxygen atoms in total. The van der Waals surface area contributed by atoms with E-state index < -0.39 is 7.82 Å². The van der Waals surface area contributed by atoms with Gasteiger partial charge in [-0.15, -0.1) is 0 Å². The maximum Gasteiger partial charge on any atom is 0.472 e. The van der Waals surface area contributed by atoms with E-state index in [-0.39, 0.29) is 23.0 Å². The predicted octanol–water partition coefficient (Wildman–Crippen LogP) is 15.9. The summed E-state index contributed by atoms with van der Waals surface area (Å²) in [7, 11) is -4.19. The quantitative estimate of drug-likeness (QED) is 0.140. The highest BCUT2D eigenvalue weighted by Gasteiger charge is 2.61. The van der Waals surface area contributed by atoms with Crippen molar-refractivity contribution in [3.8, 4) is 0 Å². The van der Waals surface area contributed by atoms with E-state index in [4.69, 9.17) is 9.05 Å². The van der Waals surface area contributed by atoms with E-state index in [1.165, 1.54) is 114 Å². The van der Waals surface area contributed by atoms with E-state index in [0.717, 1.165) is 110 Å². The summed E-state index contributed by atoms with van der Waals surface area (Å²) in [6.45, 7) is 25.1. The largest absolute Gasteiger partial charge is 0.472 e. The molecule has 0 aliphatic heterocycles. The Morgan fingerprint density at radius 1 is 0.576 bits per heavy atom. The second-order valence-corrected chi connectivity index (χ2v) is 26.3. The van der Waals surface area contributed by atoms with Crippen LogP contribution in [0.2, 0.25) is 0 Å². The number of phosphoric acid groups is 1. The van der Waals surface area contributed by atoms with E-state index in [2.05, 4.69) is 81.4 Å². The molecule has 8 rings (SSSR count). The summed E-state index contributed by atoms with van der Waals surface area (Å²) < 4.78 is 26.2. The average molecular weight is 835 g/mol. The monoisotopic (exact) mass is 835 g/mol. The van der Waals surface area contributed by atoms with Crippen molar-refractivity contribution in [1.29, 1.82) is 0 Å². The van der Waals surface area contributed by atoms with Gasteiger partial charge in [-0.25, -0.2) is 4.57 Å². The number of hydrogen-bond acceptors (Lipinski definition) is 3. The van der Waals surface area contributed by atoms with Crippen LogP contribution in [0.15, 0.2) is 23.3 Å². The molecule has 0 spiro atoms. The molecule has 16 unspecified atom stereocenters. The van der Waals surface area contributed by atoms with Crippen LogP contribution in [0.4, 0.5) is 0 Å². The first-order chi connectivity index (χ1) is 27.9. The third-order valence-electron chi connectivity index (χ3n) is 21.1. The molecule has 0 aromatic heterocycles. The van der Waals surface area contributed by atoms with Crippen LogP contribution in [-0.2, 0) is 13.6 Å². The lowest BCUT2D eigenvalue weighted by atomic mass is 9.47. The van der Waals surface area contributed by atoms with Crippen molar-refractivity contribution in [3.05, 3.63) is 23.3 Å². The Morgan fingerprint density at radius 3 is 1.37 bits per heavy atom. The van der Waals surface area contributed by atoms with Gasteiger partial charge in [-0.1, -0.05) is 131 Å². The van der Waals surface area contributed by atoms with Gasteiger partial charge >= 0.3 is 7.82 Å². The number of hydrogen-bond donors (Lipinski definition) is 1. The normalized spacial score (nSPS) is 46.2. The lowest BCUT2D eigenvalue weighted by Crippen LogP contribution is -2.51. The number of fused-ring (bicyclic) bond motifs is 10. The van der Waals surface area contributed by atoms with E-state index in [1.807, 2.05) is 0 Å². The Labute approximate surface area is 363 Å². The Kier molecular flexibility index (Phi) is 13.2. The summed E-state index contributed by atoms with van der Waals surface area (Å²) >= 11 is 0. The summed E-state index contributed by atoms with van der Waals surface area (Å²) in [5.74, 6) is 9.84. The molecule has 16 atom stereocenters. The molecule has 0 heterocycles. The molecule has 6 saturated carbocycles. The van der Waals surface area contributed by atoms with Crippen LogP contribution in [0.3, 0.4) is 0 Å². The van der Waals surface area contributed by atoms with Crippen molar-refractivity contribution in [2.45, 2.75) is 223 Å². The number of phosphoric ester groups is 1. The van der Waals surface area contributed by atoms with Gasteiger partial charge in [0.1, 0.15) is 0 Å². The van der Waals surface area contributed by atoms with Crippen molar-refractivity contribution in [2.24, 2.45) is 92.7 Å². The van der Waals surface area contributed by atoms with Crippen molar-refractivity contribution in [3.63, 3.8) is 0 Å². The first-order valence-electron chi connectivity index (χ1n) is 26.0. The Balaban J connectivity index is 0.855. The van der Waals surface area contributed by atoms with Gasteiger partial charge < -0.3 is 4.89 Å². The molecule has 0 aromatic rings. The van der Waals surface area contributed by atoms with Crippen LogP contribution >= 0.6 is 7.82 Å². The molecule has 6 fully saturated rings. The molecule has 8 aliphatic rings. The molecule has 1 N–H and O–H groups in total.